The zero-order valence-corrected chi connectivity index (χ0v) is 14.5. The summed E-state index contributed by atoms with van der Waals surface area (Å²) in [4.78, 5) is 0. The highest BCUT2D eigenvalue weighted by Crippen LogP contribution is 2.36. The summed E-state index contributed by atoms with van der Waals surface area (Å²) in [5.74, 6) is 1.36. The second kappa shape index (κ2) is 6.60. The Morgan fingerprint density at radius 2 is 2.00 bits per heavy atom. The third-order valence-corrected chi connectivity index (χ3v) is 5.03. The van der Waals surface area contributed by atoms with Crippen molar-refractivity contribution >= 4 is 39.1 Å². The van der Waals surface area contributed by atoms with E-state index in [-0.39, 0.29) is 0 Å². The van der Waals surface area contributed by atoms with Crippen LogP contribution in [-0.2, 0) is 12.8 Å². The van der Waals surface area contributed by atoms with E-state index in [9.17, 15) is 0 Å². The smallest absolute Gasteiger partial charge is 0.125 e. The predicted octanol–water partition coefficient (Wildman–Crippen LogP) is 5.65. The lowest BCUT2D eigenvalue weighted by atomic mass is 9.92. The fourth-order valence-corrected chi connectivity index (χ4v) is 3.85. The Morgan fingerprint density at radius 1 is 1.14 bits per heavy atom. The standard InChI is InChI=1S/C17H15BrCl2O/c18-10-14(11-2-1-3-15(19)7-11)6-13-9-16(20)8-12-4-5-21-17(12)13/h1-3,7-9,14H,4-6,10H2. The molecule has 4 heteroatoms. The highest BCUT2D eigenvalue weighted by Gasteiger charge is 2.21. The van der Waals surface area contributed by atoms with Crippen LogP contribution in [0.1, 0.15) is 22.6 Å². The lowest BCUT2D eigenvalue weighted by molar-refractivity contribution is 0.353. The summed E-state index contributed by atoms with van der Waals surface area (Å²) in [5, 5.41) is 2.42. The van der Waals surface area contributed by atoms with Crippen LogP contribution in [0.4, 0.5) is 0 Å². The molecule has 110 valence electrons. The van der Waals surface area contributed by atoms with Crippen molar-refractivity contribution in [1.82, 2.24) is 0 Å². The van der Waals surface area contributed by atoms with Crippen molar-refractivity contribution in [3.8, 4) is 5.75 Å². The van der Waals surface area contributed by atoms with Crippen molar-refractivity contribution in [2.45, 2.75) is 18.8 Å². The van der Waals surface area contributed by atoms with Gasteiger partial charge in [0.05, 0.1) is 6.61 Å². The SMILES string of the molecule is Clc1cccc(C(CBr)Cc2cc(Cl)cc3c2OCC3)c1. The van der Waals surface area contributed by atoms with Crippen molar-refractivity contribution in [3.63, 3.8) is 0 Å². The van der Waals surface area contributed by atoms with Crippen LogP contribution in [0.3, 0.4) is 0 Å². The summed E-state index contributed by atoms with van der Waals surface area (Å²) in [6.45, 7) is 0.749. The molecule has 1 unspecified atom stereocenters. The fourth-order valence-electron chi connectivity index (χ4n) is 2.79. The summed E-state index contributed by atoms with van der Waals surface area (Å²) in [5.41, 5.74) is 3.63. The molecule has 0 bridgehead atoms. The van der Waals surface area contributed by atoms with Crippen LogP contribution in [0.5, 0.6) is 5.75 Å². The first-order valence-electron chi connectivity index (χ1n) is 6.93. The minimum atomic E-state index is 0.343. The number of alkyl halides is 1. The van der Waals surface area contributed by atoms with E-state index in [0.29, 0.717) is 5.92 Å². The third-order valence-electron chi connectivity index (χ3n) is 3.80. The van der Waals surface area contributed by atoms with Crippen LogP contribution in [0.15, 0.2) is 36.4 Å². The molecule has 2 aromatic carbocycles. The maximum atomic E-state index is 6.24. The van der Waals surface area contributed by atoms with Gasteiger partial charge in [-0.3, -0.25) is 0 Å². The molecule has 1 atom stereocenters. The van der Waals surface area contributed by atoms with E-state index < -0.39 is 0 Å². The Morgan fingerprint density at radius 3 is 2.76 bits per heavy atom. The van der Waals surface area contributed by atoms with E-state index in [1.165, 1.54) is 16.7 Å². The van der Waals surface area contributed by atoms with Gasteiger partial charge in [0, 0.05) is 21.8 Å². The van der Waals surface area contributed by atoms with Gasteiger partial charge in [-0.05, 0) is 53.3 Å². The Kier molecular flexibility index (Phi) is 4.78. The number of hydrogen-bond acceptors (Lipinski definition) is 1. The number of halogens is 3. The maximum absolute atomic E-state index is 6.24. The number of ether oxygens (including phenoxy) is 1. The zero-order valence-electron chi connectivity index (χ0n) is 11.4. The van der Waals surface area contributed by atoms with E-state index in [1.807, 2.05) is 30.3 Å². The van der Waals surface area contributed by atoms with Crippen molar-refractivity contribution in [1.29, 1.82) is 0 Å². The van der Waals surface area contributed by atoms with Gasteiger partial charge in [-0.2, -0.15) is 0 Å². The van der Waals surface area contributed by atoms with Gasteiger partial charge in [0.1, 0.15) is 5.75 Å². The first-order chi connectivity index (χ1) is 10.2. The minimum Gasteiger partial charge on any atom is -0.493 e. The van der Waals surface area contributed by atoms with Gasteiger partial charge in [0.2, 0.25) is 0 Å². The first-order valence-corrected chi connectivity index (χ1v) is 8.80. The van der Waals surface area contributed by atoms with Crippen LogP contribution in [0, 0.1) is 0 Å². The second-order valence-electron chi connectivity index (χ2n) is 5.26. The topological polar surface area (TPSA) is 9.23 Å². The number of benzene rings is 2. The monoisotopic (exact) mass is 384 g/mol. The molecule has 0 saturated heterocycles. The summed E-state index contributed by atoms with van der Waals surface area (Å²) in [7, 11) is 0. The molecule has 1 aliphatic rings. The van der Waals surface area contributed by atoms with Crippen molar-refractivity contribution in [2.24, 2.45) is 0 Å². The van der Waals surface area contributed by atoms with Crippen LogP contribution in [-0.4, -0.2) is 11.9 Å². The molecule has 1 nitrogen and oxygen atoms in total. The number of hydrogen-bond donors (Lipinski definition) is 0. The van der Waals surface area contributed by atoms with Gasteiger partial charge < -0.3 is 4.74 Å². The molecule has 0 radical (unpaired) electrons. The van der Waals surface area contributed by atoms with Crippen molar-refractivity contribution in [2.75, 3.05) is 11.9 Å². The Labute approximate surface area is 143 Å². The van der Waals surface area contributed by atoms with Gasteiger partial charge in [-0.15, -0.1) is 0 Å². The number of fused-ring (bicyclic) bond motifs is 1. The summed E-state index contributed by atoms with van der Waals surface area (Å²) in [6.07, 6.45) is 1.83. The average Bonchev–Trinajstić information content (AvgIpc) is 2.92. The molecular formula is C17H15BrCl2O. The van der Waals surface area contributed by atoms with Crippen molar-refractivity contribution < 1.29 is 4.74 Å². The second-order valence-corrected chi connectivity index (χ2v) is 6.78. The van der Waals surface area contributed by atoms with Crippen LogP contribution in [0.25, 0.3) is 0 Å². The lowest BCUT2D eigenvalue weighted by Crippen LogP contribution is -2.06. The summed E-state index contributed by atoms with van der Waals surface area (Å²) >= 11 is 16.0. The molecule has 1 aliphatic heterocycles. The highest BCUT2D eigenvalue weighted by atomic mass is 79.9. The quantitative estimate of drug-likeness (QED) is 0.618. The molecule has 21 heavy (non-hydrogen) atoms. The Hall–Kier alpha value is -0.700. The van der Waals surface area contributed by atoms with E-state index in [4.69, 9.17) is 27.9 Å². The van der Waals surface area contributed by atoms with Crippen LogP contribution < -0.4 is 4.74 Å². The van der Waals surface area contributed by atoms with E-state index in [2.05, 4.69) is 22.0 Å². The normalized spacial score (nSPS) is 14.6. The van der Waals surface area contributed by atoms with Crippen molar-refractivity contribution in [3.05, 3.63) is 63.1 Å². The number of rotatable bonds is 4. The maximum Gasteiger partial charge on any atom is 0.125 e. The van der Waals surface area contributed by atoms with E-state index in [0.717, 1.165) is 40.6 Å². The molecule has 0 fully saturated rings. The van der Waals surface area contributed by atoms with Gasteiger partial charge in [-0.25, -0.2) is 0 Å². The predicted molar refractivity (Wildman–Crippen MR) is 92.3 cm³/mol. The fraction of sp³-hybridized carbons (Fsp3) is 0.294. The first kappa shape index (κ1) is 15.2. The zero-order chi connectivity index (χ0) is 14.8. The molecule has 0 aliphatic carbocycles. The third kappa shape index (κ3) is 3.39. The molecule has 0 aromatic heterocycles. The summed E-state index contributed by atoms with van der Waals surface area (Å²) in [6, 6.07) is 12.1. The molecule has 0 saturated carbocycles. The lowest BCUT2D eigenvalue weighted by Gasteiger charge is -2.17. The molecule has 0 N–H and O–H groups in total. The molecule has 3 rings (SSSR count). The van der Waals surface area contributed by atoms with Gasteiger partial charge in [0.15, 0.2) is 0 Å². The molecule has 2 aromatic rings. The van der Waals surface area contributed by atoms with Crippen LogP contribution >= 0.6 is 39.1 Å². The Balaban J connectivity index is 1.91. The Bertz CT molecular complexity index is 657. The molecule has 0 amide bonds. The van der Waals surface area contributed by atoms with E-state index in [1.54, 1.807) is 0 Å². The summed E-state index contributed by atoms with van der Waals surface area (Å²) < 4.78 is 5.79. The molecular weight excluding hydrogens is 371 g/mol. The van der Waals surface area contributed by atoms with Gasteiger partial charge in [0.25, 0.3) is 0 Å². The largest absolute Gasteiger partial charge is 0.493 e. The van der Waals surface area contributed by atoms with Gasteiger partial charge in [-0.1, -0.05) is 51.3 Å². The van der Waals surface area contributed by atoms with E-state index >= 15 is 0 Å². The van der Waals surface area contributed by atoms with Gasteiger partial charge >= 0.3 is 0 Å². The minimum absolute atomic E-state index is 0.343. The highest BCUT2D eigenvalue weighted by molar-refractivity contribution is 9.09. The molecule has 1 heterocycles. The average molecular weight is 386 g/mol. The molecule has 0 spiro atoms. The van der Waals surface area contributed by atoms with Crippen LogP contribution in [0.2, 0.25) is 10.0 Å².